The molecular formula is C60H123O3PS3. The second kappa shape index (κ2) is 65.4. The summed E-state index contributed by atoms with van der Waals surface area (Å²) >= 11 is 6.16. The van der Waals surface area contributed by atoms with Crippen molar-refractivity contribution >= 4 is 43.9 Å². The predicted molar refractivity (Wildman–Crippen MR) is 315 cm³/mol. The summed E-state index contributed by atoms with van der Waals surface area (Å²) in [6.07, 6.45) is 68.9. The molecule has 3 nitrogen and oxygen atoms in total. The van der Waals surface area contributed by atoms with Crippen LogP contribution in [0.2, 0.25) is 0 Å². The fraction of sp³-hybridized carbons (Fsp3) is 1.00. The monoisotopic (exact) mass is 1020 g/mol. The van der Waals surface area contributed by atoms with Crippen LogP contribution in [0.25, 0.3) is 0 Å². The summed E-state index contributed by atoms with van der Waals surface area (Å²) in [6.45, 7) is 9.16. The zero-order valence-electron chi connectivity index (χ0n) is 46.2. The summed E-state index contributed by atoms with van der Waals surface area (Å²) in [5.74, 6) is 6.92. The number of hydrogen-bond donors (Lipinski definition) is 0. The molecule has 67 heavy (non-hydrogen) atoms. The fourth-order valence-electron chi connectivity index (χ4n) is 9.19. The molecule has 0 radical (unpaired) electrons. The maximum absolute atomic E-state index is 6.24. The average molecular weight is 1020 g/mol. The molecule has 7 heteroatoms. The molecule has 0 spiro atoms. The van der Waals surface area contributed by atoms with Crippen molar-refractivity contribution < 1.29 is 13.6 Å². The molecule has 0 aliphatic rings. The number of thioether (sulfide) groups is 3. The van der Waals surface area contributed by atoms with Crippen molar-refractivity contribution in [3.8, 4) is 0 Å². The maximum atomic E-state index is 6.24. The number of unbranched alkanes of at least 4 members (excludes halogenated alkanes) is 45. The molecule has 0 bridgehead atoms. The highest BCUT2D eigenvalue weighted by atomic mass is 32.2. The van der Waals surface area contributed by atoms with Crippen LogP contribution in [-0.4, -0.2) is 54.3 Å². The first-order valence-electron chi connectivity index (χ1n) is 30.8. The Morgan fingerprint density at radius 2 is 0.343 bits per heavy atom. The van der Waals surface area contributed by atoms with E-state index in [1.165, 1.54) is 325 Å². The van der Waals surface area contributed by atoms with Crippen LogP contribution in [0.15, 0.2) is 0 Å². The van der Waals surface area contributed by atoms with Gasteiger partial charge >= 0.3 is 8.60 Å². The summed E-state index contributed by atoms with van der Waals surface area (Å²) in [5, 5.41) is 0. The lowest BCUT2D eigenvalue weighted by Gasteiger charge is -2.17. The summed E-state index contributed by atoms with van der Waals surface area (Å²) < 4.78 is 18.7. The first-order chi connectivity index (χ1) is 33.3. The average Bonchev–Trinajstić information content (AvgIpc) is 3.34. The van der Waals surface area contributed by atoms with E-state index in [9.17, 15) is 0 Å². The van der Waals surface area contributed by atoms with E-state index in [4.69, 9.17) is 13.6 Å². The van der Waals surface area contributed by atoms with Crippen LogP contribution in [-0.2, 0) is 13.6 Å². The van der Waals surface area contributed by atoms with Gasteiger partial charge in [-0.1, -0.05) is 310 Å². The highest BCUT2D eigenvalue weighted by Crippen LogP contribution is 2.40. The number of rotatable bonds is 63. The Hall–Kier alpha value is 1.36. The molecule has 0 aromatic heterocycles. The lowest BCUT2D eigenvalue weighted by atomic mass is 10.0. The summed E-state index contributed by atoms with van der Waals surface area (Å²) in [6, 6.07) is 0. The van der Waals surface area contributed by atoms with Gasteiger partial charge in [-0.05, 0) is 36.5 Å². The van der Waals surface area contributed by atoms with Gasteiger partial charge < -0.3 is 13.6 Å². The van der Waals surface area contributed by atoms with E-state index in [-0.39, 0.29) is 0 Å². The Labute approximate surface area is 438 Å². The minimum absolute atomic E-state index is 0.744. The molecule has 0 aromatic rings. The van der Waals surface area contributed by atoms with Crippen molar-refractivity contribution in [3.05, 3.63) is 0 Å². The van der Waals surface area contributed by atoms with Crippen LogP contribution in [0.4, 0.5) is 0 Å². The zero-order chi connectivity index (χ0) is 48.1. The molecule has 0 N–H and O–H groups in total. The Kier molecular flexibility index (Phi) is 66.7. The molecule has 0 saturated carbocycles. The molecule has 0 rings (SSSR count). The topological polar surface area (TPSA) is 27.7 Å². The lowest BCUT2D eigenvalue weighted by molar-refractivity contribution is 0.179. The SMILES string of the molecule is CCCCCCCCCCCCCCCCCCSCCOP(OCCSCCCCCCCCCCCCCCCCCC)OCCSCCCCCCCCCCCCCCCCCC. The minimum atomic E-state index is -1.24. The minimum Gasteiger partial charge on any atom is -0.311 e. The van der Waals surface area contributed by atoms with Crippen LogP contribution in [0.3, 0.4) is 0 Å². The molecule has 0 aliphatic carbocycles. The van der Waals surface area contributed by atoms with Crippen molar-refractivity contribution in [1.29, 1.82) is 0 Å². The first-order valence-corrected chi connectivity index (χ1v) is 35.3. The Morgan fingerprint density at radius 3 is 0.507 bits per heavy atom. The predicted octanol–water partition coefficient (Wildman–Crippen LogP) is 23.2. The molecule has 0 saturated heterocycles. The molecule has 0 heterocycles. The van der Waals surface area contributed by atoms with Crippen LogP contribution < -0.4 is 0 Å². The molecule has 0 fully saturated rings. The molecule has 404 valence electrons. The van der Waals surface area contributed by atoms with Crippen LogP contribution in [0.5, 0.6) is 0 Å². The molecular weight excluding hydrogens is 896 g/mol. The van der Waals surface area contributed by atoms with Gasteiger partial charge in [0, 0.05) is 17.3 Å². The highest BCUT2D eigenvalue weighted by Gasteiger charge is 2.13. The van der Waals surface area contributed by atoms with Crippen LogP contribution in [0.1, 0.15) is 329 Å². The zero-order valence-corrected chi connectivity index (χ0v) is 49.5. The van der Waals surface area contributed by atoms with Gasteiger partial charge in [0.1, 0.15) is 0 Å². The van der Waals surface area contributed by atoms with E-state index in [1.54, 1.807) is 0 Å². The van der Waals surface area contributed by atoms with E-state index in [0.717, 1.165) is 37.1 Å². The smallest absolute Gasteiger partial charge is 0.311 e. The van der Waals surface area contributed by atoms with Gasteiger partial charge in [-0.3, -0.25) is 0 Å². The van der Waals surface area contributed by atoms with Gasteiger partial charge in [-0.25, -0.2) is 0 Å². The summed E-state index contributed by atoms with van der Waals surface area (Å²) in [5.41, 5.74) is 0. The summed E-state index contributed by atoms with van der Waals surface area (Å²) in [7, 11) is -1.24. The van der Waals surface area contributed by atoms with Gasteiger partial charge in [0.25, 0.3) is 0 Å². The molecule has 0 aromatic carbocycles. The quantitative estimate of drug-likeness (QED) is 0.0445. The summed E-state index contributed by atoms with van der Waals surface area (Å²) in [4.78, 5) is 0. The standard InChI is InChI=1S/C60H123O3PS3/c1-4-7-10-13-16-19-22-25-28-31-34-37-40-43-46-49-55-65-58-52-61-64(62-53-59-66-56-50-47-44-41-38-35-32-29-26-23-20-17-14-11-8-5-2)63-54-60-67-57-51-48-45-42-39-36-33-30-27-24-21-18-15-12-9-6-3/h4-60H2,1-3H3. The van der Waals surface area contributed by atoms with E-state index < -0.39 is 8.60 Å². The fourth-order valence-corrected chi connectivity index (χ4v) is 12.9. The van der Waals surface area contributed by atoms with E-state index in [0.29, 0.717) is 0 Å². The van der Waals surface area contributed by atoms with E-state index in [2.05, 4.69) is 56.1 Å². The van der Waals surface area contributed by atoms with Gasteiger partial charge in [-0.15, -0.1) is 0 Å². The van der Waals surface area contributed by atoms with Gasteiger partial charge in [0.2, 0.25) is 0 Å². The third-order valence-electron chi connectivity index (χ3n) is 13.7. The van der Waals surface area contributed by atoms with Crippen molar-refractivity contribution in [2.75, 3.05) is 54.3 Å². The van der Waals surface area contributed by atoms with Gasteiger partial charge in [0.15, 0.2) is 0 Å². The van der Waals surface area contributed by atoms with Crippen LogP contribution in [0, 0.1) is 0 Å². The van der Waals surface area contributed by atoms with Gasteiger partial charge in [-0.2, -0.15) is 35.3 Å². The third kappa shape index (κ3) is 63.4. The third-order valence-corrected chi connectivity index (χ3v) is 18.0. The van der Waals surface area contributed by atoms with Crippen LogP contribution >= 0.6 is 43.9 Å². The van der Waals surface area contributed by atoms with Crippen molar-refractivity contribution in [3.63, 3.8) is 0 Å². The molecule has 0 aliphatic heterocycles. The lowest BCUT2D eigenvalue weighted by Crippen LogP contribution is -2.04. The van der Waals surface area contributed by atoms with Crippen molar-refractivity contribution in [1.82, 2.24) is 0 Å². The number of hydrogen-bond acceptors (Lipinski definition) is 6. The van der Waals surface area contributed by atoms with Gasteiger partial charge in [0.05, 0.1) is 19.8 Å². The Balaban J connectivity index is 3.97. The Bertz CT molecular complexity index is 736. The second-order valence-electron chi connectivity index (χ2n) is 20.5. The van der Waals surface area contributed by atoms with E-state index in [1.807, 2.05) is 0 Å². The largest absolute Gasteiger partial charge is 0.332 e. The van der Waals surface area contributed by atoms with Crippen molar-refractivity contribution in [2.24, 2.45) is 0 Å². The Morgan fingerprint density at radius 1 is 0.194 bits per heavy atom. The first kappa shape index (κ1) is 68.4. The van der Waals surface area contributed by atoms with Crippen molar-refractivity contribution in [2.45, 2.75) is 329 Å². The second-order valence-corrected chi connectivity index (χ2v) is 25.4. The maximum Gasteiger partial charge on any atom is 0.332 e. The highest BCUT2D eigenvalue weighted by molar-refractivity contribution is 7.99. The molecule has 0 unspecified atom stereocenters. The molecule has 0 amide bonds. The van der Waals surface area contributed by atoms with E-state index >= 15 is 0 Å². The molecule has 0 atom stereocenters. The normalized spacial score (nSPS) is 11.8.